The Bertz CT molecular complexity index is 493. The van der Waals surface area contributed by atoms with Crippen LogP contribution in [0.15, 0.2) is 18.2 Å². The molecule has 7 heteroatoms. The molecule has 0 aliphatic rings. The summed E-state index contributed by atoms with van der Waals surface area (Å²) in [4.78, 5) is 23.9. The Kier molecular flexibility index (Phi) is 6.41. The number of carbonyl (C=O) groups is 1. The number of hydrogen-bond donors (Lipinski definition) is 1. The Hall–Kier alpha value is -1.66. The zero-order valence-corrected chi connectivity index (χ0v) is 12.0. The van der Waals surface area contributed by atoms with Crippen molar-refractivity contribution in [1.29, 1.82) is 0 Å². The summed E-state index contributed by atoms with van der Waals surface area (Å²) < 4.78 is 0. The van der Waals surface area contributed by atoms with Crippen LogP contribution in [-0.4, -0.2) is 40.5 Å². The Morgan fingerprint density at radius 3 is 2.65 bits per heavy atom. The van der Waals surface area contributed by atoms with Crippen LogP contribution in [0, 0.1) is 10.1 Å². The molecule has 6 nitrogen and oxygen atoms in total. The molecule has 0 aliphatic carbocycles. The number of unbranched alkanes of at least 4 members (excludes halogenated alkanes) is 1. The van der Waals surface area contributed by atoms with Gasteiger partial charge in [0.15, 0.2) is 0 Å². The van der Waals surface area contributed by atoms with E-state index in [-0.39, 0.29) is 35.3 Å². The minimum Gasteiger partial charge on any atom is -0.395 e. The van der Waals surface area contributed by atoms with Crippen molar-refractivity contribution >= 4 is 23.2 Å². The normalized spacial score (nSPS) is 10.3. The first-order chi connectivity index (χ1) is 9.51. The number of nitrogens with zero attached hydrogens (tertiary/aromatic N) is 2. The maximum absolute atomic E-state index is 12.3. The highest BCUT2D eigenvalue weighted by molar-refractivity contribution is 6.33. The topological polar surface area (TPSA) is 83.7 Å². The van der Waals surface area contributed by atoms with Crippen molar-refractivity contribution in [3.63, 3.8) is 0 Å². The Labute approximate surface area is 122 Å². The summed E-state index contributed by atoms with van der Waals surface area (Å²) in [5.41, 5.74) is 0.0515. The minimum absolute atomic E-state index is 0.0692. The van der Waals surface area contributed by atoms with Gasteiger partial charge >= 0.3 is 0 Å². The van der Waals surface area contributed by atoms with Gasteiger partial charge in [0.25, 0.3) is 11.6 Å². The van der Waals surface area contributed by atoms with Gasteiger partial charge in [-0.3, -0.25) is 14.9 Å². The van der Waals surface area contributed by atoms with Crippen LogP contribution in [-0.2, 0) is 0 Å². The maximum atomic E-state index is 12.3. The molecule has 1 N–H and O–H groups in total. The van der Waals surface area contributed by atoms with Crippen molar-refractivity contribution in [2.75, 3.05) is 19.7 Å². The maximum Gasteiger partial charge on any atom is 0.287 e. The molecule has 1 rings (SSSR count). The summed E-state index contributed by atoms with van der Waals surface area (Å²) >= 11 is 5.79. The first-order valence-corrected chi connectivity index (χ1v) is 6.73. The van der Waals surface area contributed by atoms with E-state index in [1.54, 1.807) is 0 Å². The SMILES string of the molecule is CCCCN(CCO)C(=O)c1ccc([N+](=O)[O-])c(Cl)c1. The molecule has 20 heavy (non-hydrogen) atoms. The smallest absolute Gasteiger partial charge is 0.287 e. The van der Waals surface area contributed by atoms with E-state index in [1.807, 2.05) is 6.92 Å². The van der Waals surface area contributed by atoms with Gasteiger partial charge in [-0.2, -0.15) is 0 Å². The number of aliphatic hydroxyl groups excluding tert-OH is 1. The van der Waals surface area contributed by atoms with Gasteiger partial charge in [0, 0.05) is 24.7 Å². The molecule has 0 spiro atoms. The van der Waals surface area contributed by atoms with E-state index in [2.05, 4.69) is 0 Å². The third kappa shape index (κ3) is 4.18. The van der Waals surface area contributed by atoms with Crippen LogP contribution < -0.4 is 0 Å². The second kappa shape index (κ2) is 7.81. The lowest BCUT2D eigenvalue weighted by atomic mass is 10.1. The lowest BCUT2D eigenvalue weighted by molar-refractivity contribution is -0.384. The van der Waals surface area contributed by atoms with Crippen LogP contribution in [0.3, 0.4) is 0 Å². The van der Waals surface area contributed by atoms with Crippen LogP contribution in [0.2, 0.25) is 5.02 Å². The monoisotopic (exact) mass is 300 g/mol. The van der Waals surface area contributed by atoms with Gasteiger partial charge in [-0.15, -0.1) is 0 Å². The fourth-order valence-electron chi connectivity index (χ4n) is 1.76. The summed E-state index contributed by atoms with van der Waals surface area (Å²) in [6.45, 7) is 2.64. The van der Waals surface area contributed by atoms with E-state index in [0.717, 1.165) is 12.8 Å². The van der Waals surface area contributed by atoms with Gasteiger partial charge in [0.1, 0.15) is 5.02 Å². The van der Waals surface area contributed by atoms with E-state index < -0.39 is 4.92 Å². The van der Waals surface area contributed by atoms with Crippen molar-refractivity contribution in [3.8, 4) is 0 Å². The van der Waals surface area contributed by atoms with Gasteiger partial charge < -0.3 is 10.0 Å². The number of aliphatic hydroxyl groups is 1. The molecule has 0 unspecified atom stereocenters. The van der Waals surface area contributed by atoms with E-state index in [0.29, 0.717) is 6.54 Å². The number of benzene rings is 1. The second-order valence-electron chi connectivity index (χ2n) is 4.29. The standard InChI is InChI=1S/C13H17ClN2O4/c1-2-3-6-15(7-8-17)13(18)10-4-5-12(16(19)20)11(14)9-10/h4-5,9,17H,2-3,6-8H2,1H3. The van der Waals surface area contributed by atoms with Gasteiger partial charge in [-0.05, 0) is 18.6 Å². The molecule has 1 aromatic carbocycles. The molecule has 0 saturated heterocycles. The van der Waals surface area contributed by atoms with Gasteiger partial charge in [0.2, 0.25) is 0 Å². The number of amides is 1. The predicted molar refractivity (Wildman–Crippen MR) is 76.0 cm³/mol. The van der Waals surface area contributed by atoms with Crippen molar-refractivity contribution in [3.05, 3.63) is 38.9 Å². The molecule has 0 aliphatic heterocycles. The highest BCUT2D eigenvalue weighted by Crippen LogP contribution is 2.25. The van der Waals surface area contributed by atoms with Gasteiger partial charge in [-0.25, -0.2) is 0 Å². The van der Waals surface area contributed by atoms with E-state index in [4.69, 9.17) is 16.7 Å². The summed E-state index contributed by atoms with van der Waals surface area (Å²) in [6.07, 6.45) is 1.75. The Balaban J connectivity index is 2.94. The average Bonchev–Trinajstić information content (AvgIpc) is 2.42. The summed E-state index contributed by atoms with van der Waals surface area (Å²) in [7, 11) is 0. The zero-order chi connectivity index (χ0) is 15.1. The minimum atomic E-state index is -0.598. The Morgan fingerprint density at radius 2 is 2.15 bits per heavy atom. The lowest BCUT2D eigenvalue weighted by Crippen LogP contribution is -2.34. The van der Waals surface area contributed by atoms with Crippen molar-refractivity contribution in [2.24, 2.45) is 0 Å². The van der Waals surface area contributed by atoms with Gasteiger partial charge in [0.05, 0.1) is 11.5 Å². The molecule has 1 aromatic rings. The molecule has 0 fully saturated rings. The second-order valence-corrected chi connectivity index (χ2v) is 4.70. The molecule has 0 atom stereocenters. The molecule has 0 aromatic heterocycles. The molecule has 0 saturated carbocycles. The number of rotatable bonds is 7. The third-order valence-corrected chi connectivity index (χ3v) is 3.13. The van der Waals surface area contributed by atoms with Crippen molar-refractivity contribution in [1.82, 2.24) is 4.90 Å². The summed E-state index contributed by atoms with van der Waals surface area (Å²) in [5.74, 6) is -0.288. The van der Waals surface area contributed by atoms with Crippen LogP contribution in [0.4, 0.5) is 5.69 Å². The van der Waals surface area contributed by atoms with E-state index in [1.165, 1.54) is 23.1 Å². The summed E-state index contributed by atoms with van der Waals surface area (Å²) in [5, 5.41) is 19.6. The molecule has 110 valence electrons. The number of halogens is 1. The molecular formula is C13H17ClN2O4. The first kappa shape index (κ1) is 16.4. The molecular weight excluding hydrogens is 284 g/mol. The quantitative estimate of drug-likeness (QED) is 0.619. The number of hydrogen-bond acceptors (Lipinski definition) is 4. The highest BCUT2D eigenvalue weighted by Gasteiger charge is 2.19. The fraction of sp³-hybridized carbons (Fsp3) is 0.462. The van der Waals surface area contributed by atoms with Crippen molar-refractivity contribution in [2.45, 2.75) is 19.8 Å². The fourth-order valence-corrected chi connectivity index (χ4v) is 2.00. The van der Waals surface area contributed by atoms with E-state index >= 15 is 0 Å². The molecule has 0 radical (unpaired) electrons. The van der Waals surface area contributed by atoms with Crippen LogP contribution in [0.1, 0.15) is 30.1 Å². The Morgan fingerprint density at radius 1 is 1.45 bits per heavy atom. The van der Waals surface area contributed by atoms with Crippen molar-refractivity contribution < 1.29 is 14.8 Å². The molecule has 0 heterocycles. The number of carbonyl (C=O) groups excluding carboxylic acids is 1. The largest absolute Gasteiger partial charge is 0.395 e. The first-order valence-electron chi connectivity index (χ1n) is 6.35. The predicted octanol–water partition coefficient (Wildman–Crippen LogP) is 2.48. The van der Waals surface area contributed by atoms with E-state index in [9.17, 15) is 14.9 Å². The van der Waals surface area contributed by atoms with Crippen LogP contribution >= 0.6 is 11.6 Å². The third-order valence-electron chi connectivity index (χ3n) is 2.83. The number of nitro groups is 1. The molecule has 0 bridgehead atoms. The highest BCUT2D eigenvalue weighted by atomic mass is 35.5. The van der Waals surface area contributed by atoms with Crippen LogP contribution in [0.5, 0.6) is 0 Å². The summed E-state index contributed by atoms with van der Waals surface area (Å²) in [6, 6.07) is 3.88. The lowest BCUT2D eigenvalue weighted by Gasteiger charge is -2.21. The van der Waals surface area contributed by atoms with Crippen LogP contribution in [0.25, 0.3) is 0 Å². The zero-order valence-electron chi connectivity index (χ0n) is 11.2. The van der Waals surface area contributed by atoms with Gasteiger partial charge in [-0.1, -0.05) is 24.9 Å². The molecule has 1 amide bonds. The number of nitro benzene ring substituents is 1. The average molecular weight is 301 g/mol.